The summed E-state index contributed by atoms with van der Waals surface area (Å²) >= 11 is 2.21. The molecule has 0 N–H and O–H groups in total. The first kappa shape index (κ1) is 12.2. The predicted molar refractivity (Wildman–Crippen MR) is 75.0 cm³/mol. The summed E-state index contributed by atoms with van der Waals surface area (Å²) in [6.07, 6.45) is 5.81. The Morgan fingerprint density at radius 3 is 2.94 bits per heavy atom. The van der Waals surface area contributed by atoms with Crippen LogP contribution in [0.3, 0.4) is 0 Å². The maximum absolute atomic E-state index is 11.9. The molecule has 1 aliphatic rings. The number of anilines is 1. The van der Waals surface area contributed by atoms with Gasteiger partial charge in [0.25, 0.3) is 0 Å². The second-order valence-electron chi connectivity index (χ2n) is 3.89. The molecule has 88 valence electrons. The van der Waals surface area contributed by atoms with Crippen LogP contribution in [0.5, 0.6) is 5.75 Å². The minimum atomic E-state index is 0.0181. The molecule has 17 heavy (non-hydrogen) atoms. The van der Waals surface area contributed by atoms with Gasteiger partial charge in [-0.15, -0.1) is 12.3 Å². The van der Waals surface area contributed by atoms with E-state index in [1.54, 1.807) is 12.0 Å². The summed E-state index contributed by atoms with van der Waals surface area (Å²) in [5.74, 6) is 3.49. The SMILES string of the molecule is C#CC1CC(=O)N(c2cc(OC)ccc2I)C1. The molecule has 3 nitrogen and oxygen atoms in total. The lowest BCUT2D eigenvalue weighted by molar-refractivity contribution is -0.117. The molecule has 1 aromatic carbocycles. The Hall–Kier alpha value is -1.22. The number of hydrogen-bond acceptors (Lipinski definition) is 2. The van der Waals surface area contributed by atoms with Gasteiger partial charge in [0.05, 0.1) is 12.8 Å². The van der Waals surface area contributed by atoms with Crippen molar-refractivity contribution in [2.45, 2.75) is 6.42 Å². The summed E-state index contributed by atoms with van der Waals surface area (Å²) in [5.41, 5.74) is 0.882. The summed E-state index contributed by atoms with van der Waals surface area (Å²) in [4.78, 5) is 13.6. The van der Waals surface area contributed by atoms with E-state index in [1.165, 1.54) is 0 Å². The molecule has 0 radical (unpaired) electrons. The zero-order chi connectivity index (χ0) is 12.4. The van der Waals surface area contributed by atoms with E-state index in [1.807, 2.05) is 18.2 Å². The van der Waals surface area contributed by atoms with E-state index >= 15 is 0 Å². The Labute approximate surface area is 114 Å². The number of halogens is 1. The van der Waals surface area contributed by atoms with Crippen molar-refractivity contribution in [3.05, 3.63) is 21.8 Å². The zero-order valence-electron chi connectivity index (χ0n) is 9.44. The molecule has 1 fully saturated rings. The molecular weight excluding hydrogens is 329 g/mol. The first-order valence-corrected chi connectivity index (χ1v) is 6.33. The molecule has 1 atom stereocenters. The van der Waals surface area contributed by atoms with Gasteiger partial charge in [0.1, 0.15) is 5.75 Å². The Morgan fingerprint density at radius 2 is 2.35 bits per heavy atom. The minimum absolute atomic E-state index is 0.0181. The van der Waals surface area contributed by atoms with Crippen LogP contribution < -0.4 is 9.64 Å². The highest BCUT2D eigenvalue weighted by Gasteiger charge is 2.30. The largest absolute Gasteiger partial charge is 0.497 e. The van der Waals surface area contributed by atoms with Gasteiger partial charge in [0, 0.05) is 28.5 Å². The first-order chi connectivity index (χ1) is 8.15. The fourth-order valence-electron chi connectivity index (χ4n) is 1.88. The third-order valence-corrected chi connectivity index (χ3v) is 3.72. The second-order valence-corrected chi connectivity index (χ2v) is 5.05. The molecule has 0 bridgehead atoms. The molecule has 1 amide bonds. The third-order valence-electron chi connectivity index (χ3n) is 2.80. The van der Waals surface area contributed by atoms with Crippen molar-refractivity contribution in [2.24, 2.45) is 5.92 Å². The van der Waals surface area contributed by atoms with Gasteiger partial charge in [0.15, 0.2) is 0 Å². The van der Waals surface area contributed by atoms with Crippen molar-refractivity contribution < 1.29 is 9.53 Å². The third kappa shape index (κ3) is 2.39. The van der Waals surface area contributed by atoms with Crippen molar-refractivity contribution in [1.82, 2.24) is 0 Å². The number of ether oxygens (including phenoxy) is 1. The highest BCUT2D eigenvalue weighted by atomic mass is 127. The highest BCUT2D eigenvalue weighted by molar-refractivity contribution is 14.1. The molecule has 0 aliphatic carbocycles. The fourth-order valence-corrected chi connectivity index (χ4v) is 2.51. The quantitative estimate of drug-likeness (QED) is 0.610. The number of hydrogen-bond donors (Lipinski definition) is 0. The fraction of sp³-hybridized carbons (Fsp3) is 0.308. The lowest BCUT2D eigenvalue weighted by Crippen LogP contribution is -2.25. The molecule has 1 unspecified atom stereocenters. The molecule has 1 aliphatic heterocycles. The van der Waals surface area contributed by atoms with Gasteiger partial charge in [-0.25, -0.2) is 0 Å². The number of carbonyl (C=O) groups excluding carboxylic acids is 1. The van der Waals surface area contributed by atoms with Gasteiger partial charge >= 0.3 is 0 Å². The van der Waals surface area contributed by atoms with Crippen LogP contribution in [-0.2, 0) is 4.79 Å². The number of rotatable bonds is 2. The Kier molecular flexibility index (Phi) is 3.57. The number of amides is 1. The Balaban J connectivity index is 2.34. The number of methoxy groups -OCH3 is 1. The zero-order valence-corrected chi connectivity index (χ0v) is 11.6. The molecule has 0 saturated carbocycles. The smallest absolute Gasteiger partial charge is 0.228 e. The van der Waals surface area contributed by atoms with Crippen molar-refractivity contribution in [1.29, 1.82) is 0 Å². The molecule has 0 spiro atoms. The van der Waals surface area contributed by atoms with Gasteiger partial charge in [-0.05, 0) is 34.7 Å². The minimum Gasteiger partial charge on any atom is -0.497 e. The Bertz CT molecular complexity index is 493. The van der Waals surface area contributed by atoms with Crippen LogP contribution >= 0.6 is 22.6 Å². The highest BCUT2D eigenvalue weighted by Crippen LogP contribution is 2.31. The van der Waals surface area contributed by atoms with E-state index in [-0.39, 0.29) is 11.8 Å². The van der Waals surface area contributed by atoms with E-state index in [0.717, 1.165) is 15.0 Å². The van der Waals surface area contributed by atoms with Crippen LogP contribution in [0.2, 0.25) is 0 Å². The normalized spacial score (nSPS) is 19.2. The number of carbonyl (C=O) groups is 1. The summed E-state index contributed by atoms with van der Waals surface area (Å²) in [6, 6.07) is 5.69. The van der Waals surface area contributed by atoms with Crippen molar-refractivity contribution in [2.75, 3.05) is 18.6 Å². The van der Waals surface area contributed by atoms with Crippen LogP contribution in [-0.4, -0.2) is 19.6 Å². The Morgan fingerprint density at radius 1 is 1.59 bits per heavy atom. The standard InChI is InChI=1S/C13H12INO2/c1-3-9-6-13(16)15(8-9)12-7-10(17-2)4-5-11(12)14/h1,4-5,7,9H,6,8H2,2H3. The van der Waals surface area contributed by atoms with Gasteiger partial charge in [-0.1, -0.05) is 0 Å². The summed E-state index contributed by atoms with van der Waals surface area (Å²) < 4.78 is 6.20. The first-order valence-electron chi connectivity index (χ1n) is 5.25. The van der Waals surface area contributed by atoms with Gasteiger partial charge in [-0.3, -0.25) is 4.79 Å². The van der Waals surface area contributed by atoms with E-state index in [9.17, 15) is 4.79 Å². The predicted octanol–water partition coefficient (Wildman–Crippen LogP) is 2.29. The molecule has 1 heterocycles. The monoisotopic (exact) mass is 341 g/mol. The lowest BCUT2D eigenvalue weighted by atomic mass is 10.1. The maximum Gasteiger partial charge on any atom is 0.228 e. The summed E-state index contributed by atoms with van der Waals surface area (Å²) in [7, 11) is 1.61. The molecule has 1 saturated heterocycles. The topological polar surface area (TPSA) is 29.5 Å². The van der Waals surface area contributed by atoms with E-state index in [0.29, 0.717) is 13.0 Å². The van der Waals surface area contributed by atoms with Crippen molar-refractivity contribution >= 4 is 34.2 Å². The van der Waals surface area contributed by atoms with Crippen LogP contribution in [0, 0.1) is 21.8 Å². The van der Waals surface area contributed by atoms with E-state index < -0.39 is 0 Å². The molecular formula is C13H12INO2. The molecule has 1 aromatic rings. The van der Waals surface area contributed by atoms with Gasteiger partial charge in [-0.2, -0.15) is 0 Å². The van der Waals surface area contributed by atoms with Crippen LogP contribution in [0.4, 0.5) is 5.69 Å². The summed E-state index contributed by atoms with van der Waals surface area (Å²) in [6.45, 7) is 0.596. The second kappa shape index (κ2) is 4.96. The van der Waals surface area contributed by atoms with E-state index in [2.05, 4.69) is 28.5 Å². The van der Waals surface area contributed by atoms with Gasteiger partial charge in [0.2, 0.25) is 5.91 Å². The number of benzene rings is 1. The molecule has 2 rings (SSSR count). The number of terminal acetylenes is 1. The molecule has 4 heteroatoms. The van der Waals surface area contributed by atoms with Gasteiger partial charge < -0.3 is 9.64 Å². The average molecular weight is 341 g/mol. The van der Waals surface area contributed by atoms with E-state index in [4.69, 9.17) is 11.2 Å². The number of nitrogens with zero attached hydrogens (tertiary/aromatic N) is 1. The lowest BCUT2D eigenvalue weighted by Gasteiger charge is -2.18. The molecule has 0 aromatic heterocycles. The van der Waals surface area contributed by atoms with Crippen molar-refractivity contribution in [3.63, 3.8) is 0 Å². The average Bonchev–Trinajstić information content (AvgIpc) is 2.71. The maximum atomic E-state index is 11.9. The summed E-state index contributed by atoms with van der Waals surface area (Å²) in [5, 5.41) is 0. The van der Waals surface area contributed by atoms with Crippen LogP contribution in [0.15, 0.2) is 18.2 Å². The van der Waals surface area contributed by atoms with Crippen molar-refractivity contribution in [3.8, 4) is 18.1 Å². The van der Waals surface area contributed by atoms with Crippen LogP contribution in [0.25, 0.3) is 0 Å². The van der Waals surface area contributed by atoms with Crippen LogP contribution in [0.1, 0.15) is 6.42 Å².